The van der Waals surface area contributed by atoms with Gasteiger partial charge in [-0.15, -0.1) is 0 Å². The lowest BCUT2D eigenvalue weighted by molar-refractivity contribution is 0.0662. The minimum atomic E-state index is -0.263. The van der Waals surface area contributed by atoms with E-state index in [1.54, 1.807) is 6.20 Å². The van der Waals surface area contributed by atoms with Gasteiger partial charge in [-0.1, -0.05) is 18.2 Å². The average Bonchev–Trinajstić information content (AvgIpc) is 2.99. The lowest BCUT2D eigenvalue weighted by Gasteiger charge is -2.22. The first-order valence-electron chi connectivity index (χ1n) is 7.48. The van der Waals surface area contributed by atoms with Crippen LogP contribution in [0.5, 0.6) is 0 Å². The van der Waals surface area contributed by atoms with E-state index in [1.165, 1.54) is 0 Å². The largest absolute Gasteiger partial charge is 0.381 e. The monoisotopic (exact) mass is 300 g/mol. The first-order valence-corrected chi connectivity index (χ1v) is 7.48. The van der Waals surface area contributed by atoms with Crippen LogP contribution in [-0.2, 0) is 4.74 Å². The Morgan fingerprint density at radius 2 is 2.05 bits per heavy atom. The molecule has 6 heteroatoms. The summed E-state index contributed by atoms with van der Waals surface area (Å²) in [6.45, 7) is 3.49. The maximum atomic E-state index is 12.0. The number of carbonyl (C=O) groups is 1. The first-order chi connectivity index (χ1) is 10.7. The molecule has 1 aromatic heterocycles. The topological polar surface area (TPSA) is 68.2 Å². The molecule has 1 aliphatic rings. The fourth-order valence-electron chi connectivity index (χ4n) is 2.55. The van der Waals surface area contributed by atoms with Gasteiger partial charge in [0.2, 0.25) is 0 Å². The van der Waals surface area contributed by atoms with Crippen molar-refractivity contribution in [2.24, 2.45) is 0 Å². The molecule has 1 fully saturated rings. The van der Waals surface area contributed by atoms with Crippen LogP contribution in [0.15, 0.2) is 36.7 Å². The van der Waals surface area contributed by atoms with E-state index in [9.17, 15) is 4.79 Å². The molecule has 0 aliphatic carbocycles. The predicted molar refractivity (Wildman–Crippen MR) is 85.1 cm³/mol. The van der Waals surface area contributed by atoms with Crippen molar-refractivity contribution < 1.29 is 9.53 Å². The summed E-state index contributed by atoms with van der Waals surface area (Å²) in [6.07, 6.45) is 5.45. The van der Waals surface area contributed by atoms with Gasteiger partial charge in [0, 0.05) is 25.1 Å². The number of aryl methyl sites for hydroxylation is 1. The SMILES string of the molecule is Cc1ccccc1NC(=O)Nc1cnn(C2CCOCC2)c1. The Balaban J connectivity index is 1.60. The number of benzene rings is 1. The second kappa shape index (κ2) is 6.62. The van der Waals surface area contributed by atoms with Crippen LogP contribution in [0.3, 0.4) is 0 Å². The Kier molecular flexibility index (Phi) is 4.39. The fourth-order valence-corrected chi connectivity index (χ4v) is 2.55. The maximum Gasteiger partial charge on any atom is 0.323 e. The smallest absolute Gasteiger partial charge is 0.323 e. The van der Waals surface area contributed by atoms with Gasteiger partial charge in [-0.2, -0.15) is 5.10 Å². The highest BCUT2D eigenvalue weighted by atomic mass is 16.5. The van der Waals surface area contributed by atoms with Crippen molar-refractivity contribution in [3.8, 4) is 0 Å². The van der Waals surface area contributed by atoms with Gasteiger partial charge < -0.3 is 15.4 Å². The summed E-state index contributed by atoms with van der Waals surface area (Å²) in [5.41, 5.74) is 2.52. The summed E-state index contributed by atoms with van der Waals surface area (Å²) in [5.74, 6) is 0. The van der Waals surface area contributed by atoms with Crippen LogP contribution in [0.25, 0.3) is 0 Å². The average molecular weight is 300 g/mol. The lowest BCUT2D eigenvalue weighted by Crippen LogP contribution is -2.20. The third-order valence-corrected chi connectivity index (χ3v) is 3.82. The number of nitrogens with one attached hydrogen (secondary N) is 2. The zero-order valence-corrected chi connectivity index (χ0v) is 12.6. The number of carbonyl (C=O) groups excluding carboxylic acids is 1. The van der Waals surface area contributed by atoms with Gasteiger partial charge in [0.25, 0.3) is 0 Å². The third kappa shape index (κ3) is 3.46. The number of anilines is 2. The summed E-state index contributed by atoms with van der Waals surface area (Å²) < 4.78 is 7.26. The fraction of sp³-hybridized carbons (Fsp3) is 0.375. The van der Waals surface area contributed by atoms with Crippen LogP contribution in [0.2, 0.25) is 0 Å². The summed E-state index contributed by atoms with van der Waals surface area (Å²) in [6, 6.07) is 7.76. The molecule has 6 nitrogen and oxygen atoms in total. The molecule has 0 atom stereocenters. The van der Waals surface area contributed by atoms with Crippen molar-refractivity contribution in [1.29, 1.82) is 0 Å². The number of nitrogens with zero attached hydrogens (tertiary/aromatic N) is 2. The maximum absolute atomic E-state index is 12.0. The highest BCUT2D eigenvalue weighted by Crippen LogP contribution is 2.21. The number of hydrogen-bond acceptors (Lipinski definition) is 3. The number of hydrogen-bond donors (Lipinski definition) is 2. The summed E-state index contributed by atoms with van der Waals surface area (Å²) in [4.78, 5) is 12.0. The predicted octanol–water partition coefficient (Wildman–Crippen LogP) is 3.19. The van der Waals surface area contributed by atoms with E-state index < -0.39 is 0 Å². The highest BCUT2D eigenvalue weighted by Gasteiger charge is 2.16. The van der Waals surface area contributed by atoms with Crippen LogP contribution in [0.4, 0.5) is 16.2 Å². The van der Waals surface area contributed by atoms with Crippen molar-refractivity contribution in [2.75, 3.05) is 23.8 Å². The molecule has 2 aromatic rings. The van der Waals surface area contributed by atoms with Gasteiger partial charge in [-0.25, -0.2) is 4.79 Å². The molecule has 3 rings (SSSR count). The number of amides is 2. The Morgan fingerprint density at radius 1 is 1.27 bits per heavy atom. The lowest BCUT2D eigenvalue weighted by atomic mass is 10.1. The second-order valence-corrected chi connectivity index (χ2v) is 5.45. The van der Waals surface area contributed by atoms with E-state index in [4.69, 9.17) is 4.74 Å². The van der Waals surface area contributed by atoms with E-state index in [-0.39, 0.29) is 6.03 Å². The third-order valence-electron chi connectivity index (χ3n) is 3.82. The molecule has 1 aliphatic heterocycles. The molecule has 0 saturated carbocycles. The molecule has 116 valence electrons. The Labute approximate surface area is 129 Å². The van der Waals surface area contributed by atoms with Gasteiger partial charge in [-0.05, 0) is 31.4 Å². The van der Waals surface area contributed by atoms with E-state index in [0.29, 0.717) is 11.7 Å². The minimum absolute atomic E-state index is 0.263. The molecule has 1 aromatic carbocycles. The van der Waals surface area contributed by atoms with Crippen LogP contribution >= 0.6 is 0 Å². The van der Waals surface area contributed by atoms with Crippen LogP contribution < -0.4 is 10.6 Å². The molecule has 0 bridgehead atoms. The molecule has 2 heterocycles. The number of rotatable bonds is 3. The minimum Gasteiger partial charge on any atom is -0.381 e. The van der Waals surface area contributed by atoms with Crippen molar-refractivity contribution in [3.63, 3.8) is 0 Å². The highest BCUT2D eigenvalue weighted by molar-refractivity contribution is 6.00. The van der Waals surface area contributed by atoms with E-state index in [0.717, 1.165) is 37.3 Å². The van der Waals surface area contributed by atoms with Crippen LogP contribution in [0, 0.1) is 6.92 Å². The van der Waals surface area contributed by atoms with Crippen LogP contribution in [0.1, 0.15) is 24.4 Å². The van der Waals surface area contributed by atoms with E-state index >= 15 is 0 Å². The van der Waals surface area contributed by atoms with Gasteiger partial charge in [0.1, 0.15) is 0 Å². The Morgan fingerprint density at radius 3 is 2.82 bits per heavy atom. The van der Waals surface area contributed by atoms with Crippen LogP contribution in [-0.4, -0.2) is 29.0 Å². The number of ether oxygens (including phenoxy) is 1. The van der Waals surface area contributed by atoms with Gasteiger partial charge in [-0.3, -0.25) is 4.68 Å². The summed E-state index contributed by atoms with van der Waals surface area (Å²) in [5, 5.41) is 9.99. The number of para-hydroxylation sites is 1. The molecule has 22 heavy (non-hydrogen) atoms. The molecule has 1 saturated heterocycles. The van der Waals surface area contributed by atoms with E-state index in [2.05, 4.69) is 15.7 Å². The van der Waals surface area contributed by atoms with Gasteiger partial charge >= 0.3 is 6.03 Å². The molecule has 0 spiro atoms. The standard InChI is InChI=1S/C16H20N4O2/c1-12-4-2-3-5-15(12)19-16(21)18-13-10-17-20(11-13)14-6-8-22-9-7-14/h2-5,10-11,14H,6-9H2,1H3,(H2,18,19,21). The van der Waals surface area contributed by atoms with Crippen molar-refractivity contribution in [2.45, 2.75) is 25.8 Å². The molecule has 2 amide bonds. The zero-order chi connectivity index (χ0) is 15.4. The normalized spacial score (nSPS) is 15.5. The quantitative estimate of drug-likeness (QED) is 0.914. The molecule has 2 N–H and O–H groups in total. The van der Waals surface area contributed by atoms with Crippen molar-refractivity contribution in [3.05, 3.63) is 42.2 Å². The van der Waals surface area contributed by atoms with Crippen molar-refractivity contribution in [1.82, 2.24) is 9.78 Å². The van der Waals surface area contributed by atoms with Gasteiger partial charge in [0.05, 0.1) is 17.9 Å². The zero-order valence-electron chi connectivity index (χ0n) is 12.6. The number of aromatic nitrogens is 2. The van der Waals surface area contributed by atoms with E-state index in [1.807, 2.05) is 42.1 Å². The Hall–Kier alpha value is -2.34. The molecule has 0 unspecified atom stereocenters. The van der Waals surface area contributed by atoms with Gasteiger partial charge in [0.15, 0.2) is 0 Å². The summed E-state index contributed by atoms with van der Waals surface area (Å²) >= 11 is 0. The first kappa shape index (κ1) is 14.6. The summed E-state index contributed by atoms with van der Waals surface area (Å²) in [7, 11) is 0. The Bertz CT molecular complexity index is 647. The second-order valence-electron chi connectivity index (χ2n) is 5.45. The molecule has 0 radical (unpaired) electrons. The molecular formula is C16H20N4O2. The number of urea groups is 1. The van der Waals surface area contributed by atoms with Crippen molar-refractivity contribution >= 4 is 17.4 Å². The molecular weight excluding hydrogens is 280 g/mol.